The highest BCUT2D eigenvalue weighted by molar-refractivity contribution is 6.19. The Labute approximate surface area is 359 Å². The van der Waals surface area contributed by atoms with Crippen molar-refractivity contribution in [1.29, 1.82) is 0 Å². The number of aldehydes is 1. The molecule has 0 unspecified atom stereocenters. The van der Waals surface area contributed by atoms with Gasteiger partial charge in [-0.3, -0.25) is 4.79 Å². The predicted molar refractivity (Wildman–Crippen MR) is 255 cm³/mol. The summed E-state index contributed by atoms with van der Waals surface area (Å²) in [6.07, 6.45) is 2.84. The zero-order chi connectivity index (χ0) is 41.4. The third kappa shape index (κ3) is 6.40. The number of aromatic nitrogens is 4. The van der Waals surface area contributed by atoms with Crippen molar-refractivity contribution in [3.8, 4) is 44.5 Å². The Morgan fingerprint density at radius 2 is 0.629 bits per heavy atom. The van der Waals surface area contributed by atoms with E-state index in [2.05, 4.69) is 168 Å². The van der Waals surface area contributed by atoms with Gasteiger partial charge in [-0.2, -0.15) is 0 Å². The van der Waals surface area contributed by atoms with Gasteiger partial charge in [0.05, 0.1) is 22.8 Å². The van der Waals surface area contributed by atoms with Crippen molar-refractivity contribution in [1.82, 2.24) is 19.9 Å². The number of nitrogens with zero attached hydrogens (tertiary/aromatic N) is 2. The zero-order valence-corrected chi connectivity index (χ0v) is 33.6. The standard InChI is InChI=1S/C57H38N4O/c62-36-43-35-48-49(37-19-7-1-8-20-37)44-31-32-46(58-44)51(39-23-11-3-12-24-39)56-53(41-27-15-5-16-28-41)54(42-29-17-6-18-30-42)57(61-56)52(40-25-13-4-14-26-40)47-34-33-45(59-47)50(55(43)60-48)38-21-9-2-10-22-38/h1-36,58-59H. The van der Waals surface area contributed by atoms with Gasteiger partial charge in [0.1, 0.15) is 0 Å². The third-order valence-electron chi connectivity index (χ3n) is 11.7. The molecule has 0 saturated carbocycles. The van der Waals surface area contributed by atoms with E-state index in [1.54, 1.807) is 0 Å². The largest absolute Gasteiger partial charge is 0.354 e. The average molecular weight is 795 g/mol. The molecule has 0 spiro atoms. The Morgan fingerprint density at radius 1 is 0.323 bits per heavy atom. The minimum atomic E-state index is 0.504. The Balaban J connectivity index is 1.43. The fraction of sp³-hybridized carbons (Fsp3) is 0. The van der Waals surface area contributed by atoms with Crippen LogP contribution < -0.4 is 0 Å². The smallest absolute Gasteiger partial charge is 0.152 e. The van der Waals surface area contributed by atoms with E-state index in [1.165, 1.54) is 0 Å². The highest BCUT2D eigenvalue weighted by atomic mass is 16.1. The van der Waals surface area contributed by atoms with E-state index in [4.69, 9.17) is 9.97 Å². The number of hydrogen-bond donors (Lipinski definition) is 2. The number of nitrogens with one attached hydrogen (secondary N) is 2. The van der Waals surface area contributed by atoms with Crippen molar-refractivity contribution in [2.24, 2.45) is 0 Å². The molecule has 8 bridgehead atoms. The van der Waals surface area contributed by atoms with Gasteiger partial charge in [0.25, 0.3) is 0 Å². The van der Waals surface area contributed by atoms with Gasteiger partial charge in [-0.15, -0.1) is 0 Å². The molecule has 5 heterocycles. The summed E-state index contributed by atoms with van der Waals surface area (Å²) in [5, 5.41) is 0. The van der Waals surface area contributed by atoms with E-state index < -0.39 is 0 Å². The second-order valence-corrected chi connectivity index (χ2v) is 15.4. The molecule has 6 aromatic carbocycles. The number of allylic oxidation sites excluding steroid dienone is 1. The summed E-state index contributed by atoms with van der Waals surface area (Å²) in [7, 11) is 0. The second kappa shape index (κ2) is 15.6. The van der Waals surface area contributed by atoms with Crippen LogP contribution in [0, 0.1) is 0 Å². The first-order valence-electron chi connectivity index (χ1n) is 20.8. The minimum Gasteiger partial charge on any atom is -0.354 e. The summed E-state index contributed by atoms with van der Waals surface area (Å²) in [5.74, 6) is 0. The molecule has 0 fully saturated rings. The Hall–Kier alpha value is -8.41. The van der Waals surface area contributed by atoms with Crippen LogP contribution in [0.2, 0.25) is 0 Å². The van der Waals surface area contributed by atoms with Crippen molar-refractivity contribution >= 4 is 51.1 Å². The molecular formula is C57H38N4O. The number of H-pyrrole nitrogens is 2. The topological polar surface area (TPSA) is 74.4 Å². The first-order chi connectivity index (χ1) is 30.7. The van der Waals surface area contributed by atoms with Crippen LogP contribution in [-0.2, 0) is 4.79 Å². The molecule has 292 valence electrons. The first kappa shape index (κ1) is 36.7. The number of benzene rings is 6. The lowest BCUT2D eigenvalue weighted by Crippen LogP contribution is -1.94. The van der Waals surface area contributed by atoms with Crippen molar-refractivity contribution in [2.75, 3.05) is 0 Å². The maximum Gasteiger partial charge on any atom is 0.152 e. The first-order valence-corrected chi connectivity index (χ1v) is 20.8. The Bertz CT molecular complexity index is 3370. The maximum atomic E-state index is 13.2. The fourth-order valence-electron chi connectivity index (χ4n) is 8.94. The van der Waals surface area contributed by atoms with Crippen LogP contribution in [0.15, 0.2) is 206 Å². The van der Waals surface area contributed by atoms with Crippen molar-refractivity contribution in [3.05, 3.63) is 240 Å². The van der Waals surface area contributed by atoms with Crippen LogP contribution in [0.5, 0.6) is 0 Å². The van der Waals surface area contributed by atoms with Crippen molar-refractivity contribution < 1.29 is 4.79 Å². The van der Waals surface area contributed by atoms with Gasteiger partial charge >= 0.3 is 0 Å². The van der Waals surface area contributed by atoms with Crippen molar-refractivity contribution in [2.45, 2.75) is 0 Å². The predicted octanol–water partition coefficient (Wildman–Crippen LogP) is 13.7. The number of carbonyl (C=O) groups excluding carboxylic acids is 1. The van der Waals surface area contributed by atoms with E-state index in [-0.39, 0.29) is 0 Å². The van der Waals surface area contributed by atoms with E-state index in [9.17, 15) is 4.79 Å². The molecule has 2 aliphatic heterocycles. The molecule has 0 saturated heterocycles. The number of aromatic amines is 2. The molecular weight excluding hydrogens is 757 g/mol. The number of fused-ring (bicyclic) bond motifs is 8. The summed E-state index contributed by atoms with van der Waals surface area (Å²) < 4.78 is 0. The summed E-state index contributed by atoms with van der Waals surface area (Å²) in [5.41, 5.74) is 18.7. The van der Waals surface area contributed by atoms with Gasteiger partial charge < -0.3 is 9.97 Å². The summed E-state index contributed by atoms with van der Waals surface area (Å²) in [6, 6.07) is 71.2. The molecule has 2 aliphatic rings. The maximum absolute atomic E-state index is 13.2. The number of rotatable bonds is 7. The van der Waals surface area contributed by atoms with Crippen LogP contribution in [0.3, 0.4) is 0 Å². The molecule has 5 nitrogen and oxygen atoms in total. The second-order valence-electron chi connectivity index (χ2n) is 15.4. The quantitative estimate of drug-likeness (QED) is 0.158. The molecule has 5 heteroatoms. The van der Waals surface area contributed by atoms with Crippen LogP contribution in [-0.4, -0.2) is 26.2 Å². The van der Waals surface area contributed by atoms with Gasteiger partial charge in [0.2, 0.25) is 0 Å². The Kier molecular flexibility index (Phi) is 9.25. The average Bonchev–Trinajstić information content (AvgIpc) is 4.17. The third-order valence-corrected chi connectivity index (χ3v) is 11.7. The highest BCUT2D eigenvalue weighted by Crippen LogP contribution is 2.47. The van der Waals surface area contributed by atoms with Crippen LogP contribution in [0.4, 0.5) is 0 Å². The Morgan fingerprint density at radius 3 is 0.984 bits per heavy atom. The van der Waals surface area contributed by atoms with Gasteiger partial charge in [-0.25, -0.2) is 9.97 Å². The van der Waals surface area contributed by atoms with E-state index in [0.717, 1.165) is 107 Å². The molecule has 0 aliphatic carbocycles. The lowest BCUT2D eigenvalue weighted by molar-refractivity contribution is -0.103. The fourth-order valence-corrected chi connectivity index (χ4v) is 8.94. The van der Waals surface area contributed by atoms with E-state index in [0.29, 0.717) is 17.0 Å². The highest BCUT2D eigenvalue weighted by Gasteiger charge is 2.30. The van der Waals surface area contributed by atoms with Gasteiger partial charge in [0, 0.05) is 61.0 Å². The van der Waals surface area contributed by atoms with Crippen LogP contribution >= 0.6 is 0 Å². The van der Waals surface area contributed by atoms with Crippen LogP contribution in [0.25, 0.3) is 89.4 Å². The minimum absolute atomic E-state index is 0.504. The van der Waals surface area contributed by atoms with Gasteiger partial charge in [-0.1, -0.05) is 182 Å². The lowest BCUT2D eigenvalue weighted by atomic mass is 9.88. The van der Waals surface area contributed by atoms with Crippen molar-refractivity contribution in [3.63, 3.8) is 0 Å². The molecule has 0 radical (unpaired) electrons. The van der Waals surface area contributed by atoms with Gasteiger partial charge in [0.15, 0.2) is 6.29 Å². The SMILES string of the molecule is O=CC1=Cc2nc1c(-c1ccccc1)c1ccc([nH]1)c(-c1ccccc1)c1nc(c(-c3ccccc3)c3ccc([nH]3)c2-c2ccccc2)C(c2ccccc2)=C1c1ccccc1. The molecule has 9 aromatic rings. The zero-order valence-electron chi connectivity index (χ0n) is 33.6. The lowest BCUT2D eigenvalue weighted by Gasteiger charge is -2.13. The molecule has 0 amide bonds. The monoisotopic (exact) mass is 794 g/mol. The molecule has 0 atom stereocenters. The number of carbonyl (C=O) groups is 1. The molecule has 2 N–H and O–H groups in total. The summed E-state index contributed by atoms with van der Waals surface area (Å²) >= 11 is 0. The summed E-state index contributed by atoms with van der Waals surface area (Å²) in [4.78, 5) is 32.2. The number of hydrogen-bond acceptors (Lipinski definition) is 3. The van der Waals surface area contributed by atoms with Gasteiger partial charge in [-0.05, 0) is 63.7 Å². The van der Waals surface area contributed by atoms with Crippen LogP contribution in [0.1, 0.15) is 33.9 Å². The molecule has 11 rings (SSSR count). The molecule has 62 heavy (non-hydrogen) atoms. The summed E-state index contributed by atoms with van der Waals surface area (Å²) in [6.45, 7) is 0. The molecule has 3 aromatic heterocycles. The normalized spacial score (nSPS) is 12.3. The van der Waals surface area contributed by atoms with E-state index in [1.807, 2.05) is 54.6 Å². The van der Waals surface area contributed by atoms with E-state index >= 15 is 0 Å².